The van der Waals surface area contributed by atoms with Crippen molar-refractivity contribution in [2.24, 2.45) is 13.0 Å². The smallest absolute Gasteiger partial charge is 0.260 e. The molecule has 43 heavy (non-hydrogen) atoms. The first-order chi connectivity index (χ1) is 21.0. The van der Waals surface area contributed by atoms with Crippen LogP contribution in [0.4, 0.5) is 15.9 Å². The first-order valence-corrected chi connectivity index (χ1v) is 14.8. The maximum atomic E-state index is 15.6. The number of halogens is 1. The molecule has 0 radical (unpaired) electrons. The van der Waals surface area contributed by atoms with E-state index in [4.69, 9.17) is 16.3 Å². The van der Waals surface area contributed by atoms with Crippen LogP contribution in [0, 0.1) is 18.3 Å². The molecule has 2 unspecified atom stereocenters. The number of hydrogen-bond acceptors (Lipinski definition) is 6. The lowest BCUT2D eigenvalue weighted by molar-refractivity contribution is 0.0995. The lowest BCUT2D eigenvalue weighted by Gasteiger charge is -2.22. The van der Waals surface area contributed by atoms with Gasteiger partial charge in [0.05, 0.1) is 26.3 Å². The SMILES string of the molecule is [C-]#[N+]c1ccc(-c2cc(C3CC3)nc(N3Cc4c(F)cc(CN5CCC6COCC65)cc4C3=O)c2)c(-c2nncn2C)c1. The van der Waals surface area contributed by atoms with Crippen LogP contribution in [0.2, 0.25) is 0 Å². The number of hydrogen-bond donors (Lipinski definition) is 0. The Morgan fingerprint density at radius 1 is 1.07 bits per heavy atom. The van der Waals surface area contributed by atoms with Gasteiger partial charge < -0.3 is 9.30 Å². The molecule has 2 aromatic heterocycles. The van der Waals surface area contributed by atoms with Gasteiger partial charge in [0.1, 0.15) is 18.0 Å². The van der Waals surface area contributed by atoms with E-state index < -0.39 is 0 Å². The van der Waals surface area contributed by atoms with E-state index in [1.54, 1.807) is 23.4 Å². The molecule has 1 saturated carbocycles. The van der Waals surface area contributed by atoms with Crippen LogP contribution < -0.4 is 4.90 Å². The van der Waals surface area contributed by atoms with Gasteiger partial charge in [-0.2, -0.15) is 0 Å². The minimum Gasteiger partial charge on any atom is -0.379 e. The fourth-order valence-corrected chi connectivity index (χ4v) is 6.88. The minimum absolute atomic E-state index is 0.135. The lowest BCUT2D eigenvalue weighted by atomic mass is 9.97. The molecule has 1 amide bonds. The summed E-state index contributed by atoms with van der Waals surface area (Å²) in [5.74, 6) is 1.43. The van der Waals surface area contributed by atoms with Crippen molar-refractivity contribution < 1.29 is 13.9 Å². The highest BCUT2D eigenvalue weighted by Gasteiger charge is 2.39. The summed E-state index contributed by atoms with van der Waals surface area (Å²) in [6, 6.07) is 13.3. The number of nitrogens with zero attached hydrogens (tertiary/aromatic N) is 7. The third-order valence-electron chi connectivity index (χ3n) is 9.35. The average Bonchev–Trinajstić information content (AvgIpc) is 3.26. The summed E-state index contributed by atoms with van der Waals surface area (Å²) < 4.78 is 23.0. The van der Waals surface area contributed by atoms with Crippen LogP contribution in [-0.4, -0.2) is 56.4 Å². The van der Waals surface area contributed by atoms with E-state index in [9.17, 15) is 4.79 Å². The van der Waals surface area contributed by atoms with Crippen molar-refractivity contribution in [3.8, 4) is 22.5 Å². The molecule has 10 heteroatoms. The number of benzene rings is 2. The predicted octanol–water partition coefficient (Wildman–Crippen LogP) is 5.49. The summed E-state index contributed by atoms with van der Waals surface area (Å²) in [7, 11) is 1.86. The van der Waals surface area contributed by atoms with Gasteiger partial charge in [-0.3, -0.25) is 14.6 Å². The van der Waals surface area contributed by atoms with Gasteiger partial charge in [0.25, 0.3) is 5.91 Å². The maximum Gasteiger partial charge on any atom is 0.260 e. The van der Waals surface area contributed by atoms with E-state index >= 15 is 4.39 Å². The van der Waals surface area contributed by atoms with E-state index in [0.29, 0.717) is 52.9 Å². The maximum absolute atomic E-state index is 15.6. The molecule has 216 valence electrons. The van der Waals surface area contributed by atoms with Crippen LogP contribution in [-0.2, 0) is 24.9 Å². The summed E-state index contributed by atoms with van der Waals surface area (Å²) >= 11 is 0. The number of amides is 1. The van der Waals surface area contributed by atoms with Gasteiger partial charge in [-0.15, -0.1) is 10.2 Å². The number of fused-ring (bicyclic) bond motifs is 2. The van der Waals surface area contributed by atoms with Crippen molar-refractivity contribution in [2.75, 3.05) is 24.7 Å². The molecule has 0 N–H and O–H groups in total. The van der Waals surface area contributed by atoms with Gasteiger partial charge in [0.15, 0.2) is 11.5 Å². The van der Waals surface area contributed by atoms with Crippen molar-refractivity contribution in [1.82, 2.24) is 24.6 Å². The third-order valence-corrected chi connectivity index (χ3v) is 9.35. The number of aromatic nitrogens is 4. The first-order valence-electron chi connectivity index (χ1n) is 14.8. The number of rotatable bonds is 6. The van der Waals surface area contributed by atoms with Crippen LogP contribution in [0.1, 0.15) is 52.4 Å². The highest BCUT2D eigenvalue weighted by Crippen LogP contribution is 2.44. The summed E-state index contributed by atoms with van der Waals surface area (Å²) in [6.07, 6.45) is 4.80. The molecule has 4 aliphatic rings. The fourth-order valence-electron chi connectivity index (χ4n) is 6.88. The molecule has 0 spiro atoms. The summed E-state index contributed by atoms with van der Waals surface area (Å²) in [6.45, 7) is 10.8. The van der Waals surface area contributed by atoms with Crippen molar-refractivity contribution in [2.45, 2.75) is 44.3 Å². The summed E-state index contributed by atoms with van der Waals surface area (Å²) in [5.41, 5.74) is 5.56. The monoisotopic (exact) mass is 575 g/mol. The molecular weight excluding hydrogens is 545 g/mol. The zero-order chi connectivity index (χ0) is 29.2. The Kier molecular flexibility index (Phi) is 6.13. The van der Waals surface area contributed by atoms with Gasteiger partial charge in [-0.1, -0.05) is 12.1 Å². The van der Waals surface area contributed by atoms with Crippen LogP contribution in [0.15, 0.2) is 48.8 Å². The molecule has 2 atom stereocenters. The number of ether oxygens (including phenoxy) is 1. The molecular formula is C33H30FN7O2. The number of pyridine rings is 1. The number of carbonyl (C=O) groups excluding carboxylic acids is 1. The Hall–Kier alpha value is -4.46. The molecule has 5 heterocycles. The van der Waals surface area contributed by atoms with E-state index in [2.05, 4.69) is 26.0 Å². The van der Waals surface area contributed by atoms with Gasteiger partial charge >= 0.3 is 0 Å². The Morgan fingerprint density at radius 3 is 2.74 bits per heavy atom. The second-order valence-corrected chi connectivity index (χ2v) is 12.1. The zero-order valence-electron chi connectivity index (χ0n) is 23.8. The lowest BCUT2D eigenvalue weighted by Crippen LogP contribution is -2.32. The number of anilines is 1. The molecule has 3 fully saturated rings. The second kappa shape index (κ2) is 10.1. The quantitative estimate of drug-likeness (QED) is 0.283. The first kappa shape index (κ1) is 26.2. The molecule has 0 bridgehead atoms. The largest absolute Gasteiger partial charge is 0.379 e. The summed E-state index contributed by atoms with van der Waals surface area (Å²) in [5, 5.41) is 8.35. The molecule has 2 saturated heterocycles. The standard InChI is InChI=1S/C33H30FN7O2/c1-35-23-5-6-24(25(13-23)32-38-36-18-39(32)2)22-11-29(20-3-4-20)37-31(12-22)41-15-27-26(33(41)42)9-19(10-28(27)34)14-40-8-7-21-16-43-17-30(21)40/h5-6,9-13,18,20-21,30H,3-4,7-8,14-17H2,2H3. The van der Waals surface area contributed by atoms with Crippen LogP contribution in [0.3, 0.4) is 0 Å². The van der Waals surface area contributed by atoms with Crippen molar-refractivity contribution in [3.63, 3.8) is 0 Å². The van der Waals surface area contributed by atoms with E-state index in [1.165, 1.54) is 0 Å². The summed E-state index contributed by atoms with van der Waals surface area (Å²) in [4.78, 5) is 26.4. The van der Waals surface area contributed by atoms with Crippen LogP contribution in [0.5, 0.6) is 0 Å². The third kappa shape index (κ3) is 4.51. The number of aryl methyl sites for hydroxylation is 1. The van der Waals surface area contributed by atoms with Gasteiger partial charge in [0, 0.05) is 53.9 Å². The zero-order valence-corrected chi connectivity index (χ0v) is 23.8. The van der Waals surface area contributed by atoms with Crippen LogP contribution >= 0.6 is 0 Å². The van der Waals surface area contributed by atoms with E-state index in [0.717, 1.165) is 67.0 Å². The van der Waals surface area contributed by atoms with E-state index in [-0.39, 0.29) is 18.3 Å². The van der Waals surface area contributed by atoms with E-state index in [1.807, 2.05) is 35.9 Å². The van der Waals surface area contributed by atoms with Crippen molar-refractivity contribution in [1.29, 1.82) is 0 Å². The molecule has 2 aromatic carbocycles. The molecule has 3 aliphatic heterocycles. The minimum atomic E-state index is -0.348. The molecule has 1 aliphatic carbocycles. The Bertz CT molecular complexity index is 1820. The highest BCUT2D eigenvalue weighted by molar-refractivity contribution is 6.10. The highest BCUT2D eigenvalue weighted by atomic mass is 19.1. The van der Waals surface area contributed by atoms with Gasteiger partial charge in [0.2, 0.25) is 0 Å². The topological polar surface area (TPSA) is 80.7 Å². The molecule has 4 aromatic rings. The van der Waals surface area contributed by atoms with Gasteiger partial charge in [-0.25, -0.2) is 14.2 Å². The number of carbonyl (C=O) groups is 1. The van der Waals surface area contributed by atoms with Crippen molar-refractivity contribution in [3.05, 3.63) is 88.4 Å². The van der Waals surface area contributed by atoms with Crippen molar-refractivity contribution >= 4 is 17.4 Å². The predicted molar refractivity (Wildman–Crippen MR) is 158 cm³/mol. The Balaban J connectivity index is 1.16. The Labute approximate surface area is 248 Å². The average molecular weight is 576 g/mol. The normalized spacial score (nSPS) is 21.3. The molecule has 8 rings (SSSR count). The van der Waals surface area contributed by atoms with Crippen LogP contribution in [0.25, 0.3) is 27.4 Å². The fraction of sp³-hybridized carbons (Fsp3) is 0.364. The van der Waals surface area contributed by atoms with Gasteiger partial charge in [-0.05, 0) is 72.8 Å². The number of likely N-dealkylation sites (tertiary alicyclic amines) is 1. The molecule has 9 nitrogen and oxygen atoms in total. The Morgan fingerprint density at radius 2 is 1.95 bits per heavy atom. The second-order valence-electron chi connectivity index (χ2n) is 12.1.